The van der Waals surface area contributed by atoms with Gasteiger partial charge < -0.3 is 5.32 Å². The Bertz CT molecular complexity index is 1340. The summed E-state index contributed by atoms with van der Waals surface area (Å²) in [5.41, 5.74) is -0.786. The molecule has 3 rings (SSSR count). The number of halogens is 2. The minimum absolute atomic E-state index is 0.191. The minimum Gasteiger partial charge on any atom is -0.324 e. The molecule has 0 aliphatic carbocycles. The number of thioether (sulfide) groups is 1. The number of rotatable bonds is 4. The van der Waals surface area contributed by atoms with Gasteiger partial charge in [-0.3, -0.25) is 18.7 Å². The number of hydrogen-bond donors (Lipinski definition) is 1. The molecule has 0 spiro atoms. The number of carbonyl (C=O) groups excluding carboxylic acids is 1. The molecule has 1 amide bonds. The van der Waals surface area contributed by atoms with Crippen molar-refractivity contribution in [1.82, 2.24) is 19.1 Å². The molecule has 0 fully saturated rings. The zero-order valence-electron chi connectivity index (χ0n) is 18.5. The number of carbonyl (C=O) groups is 1. The van der Waals surface area contributed by atoms with Gasteiger partial charge in [0.2, 0.25) is 5.91 Å². The van der Waals surface area contributed by atoms with Crippen LogP contribution < -0.4 is 16.6 Å². The van der Waals surface area contributed by atoms with Gasteiger partial charge in [0.25, 0.3) is 5.56 Å². The van der Waals surface area contributed by atoms with Gasteiger partial charge in [0.05, 0.1) is 16.0 Å². The SMILES string of the molecule is CC(Sc1nc(C(C)(C)C)nc2c1c(=O)n(C)c(=O)n2C)C(=O)Nc1ccc(Cl)cc1Cl. The molecule has 170 valence electrons. The van der Waals surface area contributed by atoms with Crippen molar-refractivity contribution in [1.29, 1.82) is 0 Å². The Kier molecular flexibility index (Phi) is 6.74. The fraction of sp³-hybridized carbons (Fsp3) is 0.381. The van der Waals surface area contributed by atoms with E-state index in [2.05, 4.69) is 15.3 Å². The van der Waals surface area contributed by atoms with E-state index in [9.17, 15) is 14.4 Å². The monoisotopic (exact) mass is 495 g/mol. The number of aromatic nitrogens is 4. The normalized spacial score (nSPS) is 12.8. The Morgan fingerprint density at radius 1 is 1.12 bits per heavy atom. The van der Waals surface area contributed by atoms with Gasteiger partial charge in [0.15, 0.2) is 5.65 Å². The summed E-state index contributed by atoms with van der Waals surface area (Å²) in [6.07, 6.45) is 0. The molecule has 0 bridgehead atoms. The maximum absolute atomic E-state index is 12.9. The average molecular weight is 496 g/mol. The highest BCUT2D eigenvalue weighted by molar-refractivity contribution is 8.00. The van der Waals surface area contributed by atoms with Gasteiger partial charge in [0, 0.05) is 24.5 Å². The van der Waals surface area contributed by atoms with Crippen LogP contribution in [-0.2, 0) is 24.3 Å². The Balaban J connectivity index is 2.08. The molecule has 3 aromatic rings. The molecule has 8 nitrogen and oxygen atoms in total. The summed E-state index contributed by atoms with van der Waals surface area (Å²) in [7, 11) is 2.95. The largest absolute Gasteiger partial charge is 0.332 e. The first kappa shape index (κ1) is 24.3. The lowest BCUT2D eigenvalue weighted by atomic mass is 9.96. The van der Waals surface area contributed by atoms with Crippen molar-refractivity contribution in [2.75, 3.05) is 5.32 Å². The summed E-state index contributed by atoms with van der Waals surface area (Å²) in [5, 5.41) is 3.43. The summed E-state index contributed by atoms with van der Waals surface area (Å²) in [6, 6.07) is 4.77. The number of nitrogens with one attached hydrogen (secondary N) is 1. The minimum atomic E-state index is -0.630. The zero-order valence-corrected chi connectivity index (χ0v) is 20.8. The van der Waals surface area contributed by atoms with Crippen molar-refractivity contribution >= 4 is 57.6 Å². The summed E-state index contributed by atoms with van der Waals surface area (Å²) in [5.74, 6) is 0.133. The number of nitrogens with zero attached hydrogens (tertiary/aromatic N) is 4. The van der Waals surface area contributed by atoms with Crippen molar-refractivity contribution in [3.8, 4) is 0 Å². The lowest BCUT2D eigenvalue weighted by Gasteiger charge is -2.20. The van der Waals surface area contributed by atoms with E-state index in [0.29, 0.717) is 26.6 Å². The van der Waals surface area contributed by atoms with Crippen molar-refractivity contribution in [2.45, 2.75) is 43.4 Å². The zero-order chi connectivity index (χ0) is 24.0. The molecule has 11 heteroatoms. The second-order valence-corrected chi connectivity index (χ2v) is 10.6. The lowest BCUT2D eigenvalue weighted by molar-refractivity contribution is -0.115. The molecule has 1 N–H and O–H groups in total. The summed E-state index contributed by atoms with van der Waals surface area (Å²) >= 11 is 13.2. The maximum atomic E-state index is 12.9. The van der Waals surface area contributed by atoms with Gasteiger partial charge in [0.1, 0.15) is 16.2 Å². The van der Waals surface area contributed by atoms with Gasteiger partial charge in [-0.2, -0.15) is 0 Å². The molecule has 1 atom stereocenters. The average Bonchev–Trinajstić information content (AvgIpc) is 2.71. The van der Waals surface area contributed by atoms with Gasteiger partial charge in [-0.25, -0.2) is 14.8 Å². The van der Waals surface area contributed by atoms with Crippen LogP contribution in [-0.4, -0.2) is 30.3 Å². The van der Waals surface area contributed by atoms with Crippen LogP contribution in [0.2, 0.25) is 10.0 Å². The van der Waals surface area contributed by atoms with Crippen LogP contribution in [0, 0.1) is 0 Å². The van der Waals surface area contributed by atoms with Crippen molar-refractivity contribution in [3.63, 3.8) is 0 Å². The predicted molar refractivity (Wildman–Crippen MR) is 129 cm³/mol. The second-order valence-electron chi connectivity index (χ2n) is 8.38. The van der Waals surface area contributed by atoms with E-state index in [-0.39, 0.29) is 16.9 Å². The number of amides is 1. The fourth-order valence-electron chi connectivity index (χ4n) is 2.90. The summed E-state index contributed by atoms with van der Waals surface area (Å²) in [6.45, 7) is 7.49. The maximum Gasteiger partial charge on any atom is 0.332 e. The lowest BCUT2D eigenvalue weighted by Crippen LogP contribution is -2.38. The van der Waals surface area contributed by atoms with E-state index in [1.165, 1.54) is 17.7 Å². The third-order valence-electron chi connectivity index (χ3n) is 4.78. The van der Waals surface area contributed by atoms with Crippen LogP contribution >= 0.6 is 35.0 Å². The van der Waals surface area contributed by atoms with E-state index in [1.54, 1.807) is 26.1 Å². The third kappa shape index (κ3) is 4.69. The molecule has 0 aliphatic rings. The molecule has 0 saturated carbocycles. The van der Waals surface area contributed by atoms with E-state index in [4.69, 9.17) is 23.2 Å². The first-order valence-electron chi connectivity index (χ1n) is 9.72. The Morgan fingerprint density at radius 2 is 1.78 bits per heavy atom. The van der Waals surface area contributed by atoms with Crippen LogP contribution in [0.1, 0.15) is 33.5 Å². The molecular formula is C21H23Cl2N5O3S. The molecule has 0 aliphatic heterocycles. The first-order valence-corrected chi connectivity index (χ1v) is 11.4. The van der Waals surface area contributed by atoms with Crippen LogP contribution in [0.15, 0.2) is 32.8 Å². The van der Waals surface area contributed by atoms with Crippen molar-refractivity contribution in [3.05, 3.63) is 54.9 Å². The molecule has 32 heavy (non-hydrogen) atoms. The molecule has 0 radical (unpaired) electrons. The second kappa shape index (κ2) is 8.88. The van der Waals surface area contributed by atoms with Gasteiger partial charge >= 0.3 is 5.69 Å². The van der Waals surface area contributed by atoms with Crippen molar-refractivity contribution < 1.29 is 4.79 Å². The molecule has 2 aromatic heterocycles. The quantitative estimate of drug-likeness (QED) is 0.437. The molecular weight excluding hydrogens is 473 g/mol. The fourth-order valence-corrected chi connectivity index (χ4v) is 4.29. The van der Waals surface area contributed by atoms with E-state index in [0.717, 1.165) is 16.3 Å². The molecule has 1 unspecified atom stereocenters. The standard InChI is InChI=1S/C21H23Cl2N5O3S/c1-10(16(29)24-13-8-7-11(22)9-12(13)23)32-17-14-15(25-19(26-17)21(2,3)4)27(5)20(31)28(6)18(14)30/h7-10H,1-6H3,(H,24,29). The predicted octanol–water partition coefficient (Wildman–Crippen LogP) is 3.75. The van der Waals surface area contributed by atoms with Crippen LogP contribution in [0.5, 0.6) is 0 Å². The van der Waals surface area contributed by atoms with E-state index >= 15 is 0 Å². The van der Waals surface area contributed by atoms with Crippen LogP contribution in [0.3, 0.4) is 0 Å². The molecule has 0 saturated heterocycles. The van der Waals surface area contributed by atoms with Gasteiger partial charge in [-0.05, 0) is 25.1 Å². The van der Waals surface area contributed by atoms with Gasteiger partial charge in [-0.1, -0.05) is 55.7 Å². The first-order chi connectivity index (χ1) is 14.8. The highest BCUT2D eigenvalue weighted by atomic mass is 35.5. The van der Waals surface area contributed by atoms with Gasteiger partial charge in [-0.15, -0.1) is 0 Å². The molecule has 2 heterocycles. The Hall–Kier alpha value is -2.36. The Morgan fingerprint density at radius 3 is 2.38 bits per heavy atom. The highest BCUT2D eigenvalue weighted by Gasteiger charge is 2.26. The van der Waals surface area contributed by atoms with Crippen LogP contribution in [0.25, 0.3) is 11.0 Å². The van der Waals surface area contributed by atoms with E-state index in [1.807, 2.05) is 20.8 Å². The third-order valence-corrected chi connectivity index (χ3v) is 6.42. The smallest absolute Gasteiger partial charge is 0.324 e. The number of aryl methyl sites for hydroxylation is 1. The highest BCUT2D eigenvalue weighted by Crippen LogP contribution is 2.31. The van der Waals surface area contributed by atoms with Crippen LogP contribution in [0.4, 0.5) is 5.69 Å². The molecule has 1 aromatic carbocycles. The van der Waals surface area contributed by atoms with E-state index < -0.39 is 21.9 Å². The summed E-state index contributed by atoms with van der Waals surface area (Å²) in [4.78, 5) is 47.3. The summed E-state index contributed by atoms with van der Waals surface area (Å²) < 4.78 is 2.32. The van der Waals surface area contributed by atoms with Crippen molar-refractivity contribution in [2.24, 2.45) is 14.1 Å². The number of benzene rings is 1. The Labute approximate surface area is 199 Å². The number of hydrogen-bond acceptors (Lipinski definition) is 6. The topological polar surface area (TPSA) is 98.9 Å². The number of fused-ring (bicyclic) bond motifs is 1. The number of anilines is 1.